The number of aromatic nitrogens is 2. The zero-order chi connectivity index (χ0) is 11.1. The van der Waals surface area contributed by atoms with Crippen LogP contribution >= 0.6 is 11.5 Å². The summed E-state index contributed by atoms with van der Waals surface area (Å²) >= 11 is 1.50. The average Bonchev–Trinajstić information content (AvgIpc) is 2.46. The molecule has 2 rings (SSSR count). The predicted octanol–water partition coefficient (Wildman–Crippen LogP) is 1.24. The minimum absolute atomic E-state index is 0.0491. The van der Waals surface area contributed by atoms with Gasteiger partial charge in [-0.3, -0.25) is 0 Å². The van der Waals surface area contributed by atoms with Gasteiger partial charge >= 0.3 is 0 Å². The third-order valence-corrected chi connectivity index (χ3v) is 3.50. The normalized spacial score (nSPS) is 17.6. The smallest absolute Gasteiger partial charge is 0.205 e. The van der Waals surface area contributed by atoms with Crippen LogP contribution in [0.5, 0.6) is 0 Å². The molecule has 1 fully saturated rings. The van der Waals surface area contributed by atoms with Crippen molar-refractivity contribution in [1.29, 1.82) is 0 Å². The van der Waals surface area contributed by atoms with Gasteiger partial charge in [0.15, 0.2) is 0 Å². The van der Waals surface area contributed by atoms with Crippen LogP contribution in [0.4, 0.5) is 5.13 Å². The second-order valence-electron chi connectivity index (χ2n) is 5.07. The standard InChI is InChI=1S/C10H18N4S/c1-10(2,3)8-12-9(15-13-8)14(4)7-5-11-6-7/h7,11H,5-6H2,1-4H3. The van der Waals surface area contributed by atoms with E-state index in [-0.39, 0.29) is 5.41 Å². The first-order valence-corrected chi connectivity index (χ1v) is 6.03. The maximum Gasteiger partial charge on any atom is 0.205 e. The van der Waals surface area contributed by atoms with E-state index in [0.717, 1.165) is 24.0 Å². The van der Waals surface area contributed by atoms with Gasteiger partial charge in [0.1, 0.15) is 5.82 Å². The summed E-state index contributed by atoms with van der Waals surface area (Å²) in [6, 6.07) is 0.589. The number of hydrogen-bond acceptors (Lipinski definition) is 5. The highest BCUT2D eigenvalue weighted by Crippen LogP contribution is 2.26. The van der Waals surface area contributed by atoms with E-state index >= 15 is 0 Å². The van der Waals surface area contributed by atoms with Crippen LogP contribution in [-0.2, 0) is 5.41 Å². The van der Waals surface area contributed by atoms with Crippen molar-refractivity contribution >= 4 is 16.7 Å². The van der Waals surface area contributed by atoms with Gasteiger partial charge in [-0.1, -0.05) is 20.8 Å². The molecule has 0 bridgehead atoms. The van der Waals surface area contributed by atoms with Crippen LogP contribution in [-0.4, -0.2) is 35.5 Å². The number of likely N-dealkylation sites (N-methyl/N-ethyl adjacent to an activating group) is 1. The Morgan fingerprint density at radius 1 is 1.40 bits per heavy atom. The monoisotopic (exact) mass is 226 g/mol. The Bertz CT molecular complexity index is 337. The molecule has 1 aliphatic heterocycles. The molecule has 2 heterocycles. The minimum atomic E-state index is 0.0491. The van der Waals surface area contributed by atoms with Gasteiger partial charge in [0.05, 0.1) is 6.04 Å². The Morgan fingerprint density at radius 3 is 2.47 bits per heavy atom. The molecule has 0 spiro atoms. The highest BCUT2D eigenvalue weighted by atomic mass is 32.1. The van der Waals surface area contributed by atoms with E-state index in [2.05, 4.69) is 47.4 Å². The molecule has 1 N–H and O–H groups in total. The molecule has 15 heavy (non-hydrogen) atoms. The SMILES string of the molecule is CN(c1nc(C(C)(C)C)ns1)C1CNC1. The molecule has 0 atom stereocenters. The largest absolute Gasteiger partial charge is 0.344 e. The fourth-order valence-electron chi connectivity index (χ4n) is 1.37. The average molecular weight is 226 g/mol. The molecule has 0 amide bonds. The summed E-state index contributed by atoms with van der Waals surface area (Å²) in [5, 5.41) is 4.30. The molecule has 0 unspecified atom stereocenters. The van der Waals surface area contributed by atoms with Crippen molar-refractivity contribution in [3.8, 4) is 0 Å². The van der Waals surface area contributed by atoms with E-state index in [4.69, 9.17) is 0 Å². The van der Waals surface area contributed by atoms with E-state index < -0.39 is 0 Å². The van der Waals surface area contributed by atoms with E-state index in [9.17, 15) is 0 Å². The molecule has 0 saturated carbocycles. The summed E-state index contributed by atoms with van der Waals surface area (Å²) in [6.45, 7) is 8.54. The van der Waals surface area contributed by atoms with Crippen LogP contribution < -0.4 is 10.2 Å². The molecule has 1 aliphatic rings. The quantitative estimate of drug-likeness (QED) is 0.824. The number of nitrogens with one attached hydrogen (secondary N) is 1. The zero-order valence-corrected chi connectivity index (χ0v) is 10.6. The maximum atomic E-state index is 4.59. The molecular weight excluding hydrogens is 208 g/mol. The first-order chi connectivity index (χ1) is 6.98. The summed E-state index contributed by atoms with van der Waals surface area (Å²) < 4.78 is 4.42. The first kappa shape index (κ1) is 10.8. The number of anilines is 1. The van der Waals surface area contributed by atoms with Gasteiger partial charge < -0.3 is 10.2 Å². The highest BCUT2D eigenvalue weighted by molar-refractivity contribution is 7.09. The zero-order valence-electron chi connectivity index (χ0n) is 9.74. The summed E-state index contributed by atoms with van der Waals surface area (Å²) in [4.78, 5) is 6.82. The van der Waals surface area contributed by atoms with Crippen molar-refractivity contribution in [3.05, 3.63) is 5.82 Å². The molecular formula is C10H18N4S. The van der Waals surface area contributed by atoms with E-state index in [1.54, 1.807) is 0 Å². The first-order valence-electron chi connectivity index (χ1n) is 5.26. The van der Waals surface area contributed by atoms with Crippen molar-refractivity contribution in [2.45, 2.75) is 32.2 Å². The van der Waals surface area contributed by atoms with Crippen LogP contribution in [0.2, 0.25) is 0 Å². The summed E-state index contributed by atoms with van der Waals surface area (Å²) in [5.41, 5.74) is 0.0491. The van der Waals surface area contributed by atoms with Gasteiger partial charge in [-0.25, -0.2) is 4.98 Å². The summed E-state index contributed by atoms with van der Waals surface area (Å²) in [5.74, 6) is 0.946. The van der Waals surface area contributed by atoms with Gasteiger partial charge in [0, 0.05) is 37.1 Å². The Hall–Kier alpha value is -0.680. The second-order valence-corrected chi connectivity index (χ2v) is 5.80. The highest BCUT2D eigenvalue weighted by Gasteiger charge is 2.26. The van der Waals surface area contributed by atoms with E-state index in [1.807, 2.05) is 0 Å². The lowest BCUT2D eigenvalue weighted by Gasteiger charge is -2.35. The molecule has 0 aromatic carbocycles. The summed E-state index contributed by atoms with van der Waals surface area (Å²) in [6.07, 6.45) is 0. The second kappa shape index (κ2) is 3.72. The Labute approximate surface area is 94.9 Å². The summed E-state index contributed by atoms with van der Waals surface area (Å²) in [7, 11) is 2.10. The van der Waals surface area contributed by atoms with Crippen LogP contribution in [0.15, 0.2) is 0 Å². The van der Waals surface area contributed by atoms with Gasteiger partial charge in [-0.15, -0.1) is 0 Å². The van der Waals surface area contributed by atoms with Crippen LogP contribution in [0.1, 0.15) is 26.6 Å². The lowest BCUT2D eigenvalue weighted by Crippen LogP contribution is -2.56. The van der Waals surface area contributed by atoms with Gasteiger partial charge in [-0.2, -0.15) is 4.37 Å². The minimum Gasteiger partial charge on any atom is -0.344 e. The number of nitrogens with zero attached hydrogens (tertiary/aromatic N) is 3. The fraction of sp³-hybridized carbons (Fsp3) is 0.800. The topological polar surface area (TPSA) is 41.1 Å². The van der Waals surface area contributed by atoms with Gasteiger partial charge in [0.25, 0.3) is 0 Å². The lowest BCUT2D eigenvalue weighted by molar-refractivity contribution is 0.427. The molecule has 84 valence electrons. The third-order valence-electron chi connectivity index (χ3n) is 2.70. The molecule has 5 heteroatoms. The fourth-order valence-corrected chi connectivity index (χ4v) is 2.25. The third kappa shape index (κ3) is 2.13. The molecule has 0 radical (unpaired) electrons. The lowest BCUT2D eigenvalue weighted by atomic mass is 9.96. The van der Waals surface area contributed by atoms with Crippen molar-refractivity contribution in [3.63, 3.8) is 0 Å². The van der Waals surface area contributed by atoms with Crippen LogP contribution in [0, 0.1) is 0 Å². The van der Waals surface area contributed by atoms with Crippen molar-refractivity contribution in [1.82, 2.24) is 14.7 Å². The molecule has 1 saturated heterocycles. The molecule has 1 aromatic rings. The molecule has 0 aliphatic carbocycles. The Balaban J connectivity index is 2.12. The Morgan fingerprint density at radius 2 is 2.07 bits per heavy atom. The number of hydrogen-bond donors (Lipinski definition) is 1. The van der Waals surface area contributed by atoms with Crippen LogP contribution in [0.25, 0.3) is 0 Å². The molecule has 1 aromatic heterocycles. The van der Waals surface area contributed by atoms with Crippen molar-refractivity contribution in [2.24, 2.45) is 0 Å². The van der Waals surface area contributed by atoms with Gasteiger partial charge in [0.2, 0.25) is 5.13 Å². The van der Waals surface area contributed by atoms with Gasteiger partial charge in [-0.05, 0) is 0 Å². The van der Waals surface area contributed by atoms with E-state index in [0.29, 0.717) is 6.04 Å². The maximum absolute atomic E-state index is 4.59. The van der Waals surface area contributed by atoms with Crippen molar-refractivity contribution < 1.29 is 0 Å². The molecule has 4 nitrogen and oxygen atoms in total. The predicted molar refractivity (Wildman–Crippen MR) is 63.7 cm³/mol. The van der Waals surface area contributed by atoms with E-state index in [1.165, 1.54) is 11.5 Å². The Kier molecular flexibility index (Phi) is 2.68. The van der Waals surface area contributed by atoms with Crippen LogP contribution in [0.3, 0.4) is 0 Å². The van der Waals surface area contributed by atoms with Crippen molar-refractivity contribution in [2.75, 3.05) is 25.0 Å². The number of rotatable bonds is 2.